The van der Waals surface area contributed by atoms with Crippen molar-refractivity contribution in [3.63, 3.8) is 0 Å². The van der Waals surface area contributed by atoms with Crippen LogP contribution in [-0.4, -0.2) is 26.3 Å². The Labute approximate surface area is 150 Å². The maximum Gasteiger partial charge on any atom is 0.336 e. The van der Waals surface area contributed by atoms with E-state index in [1.54, 1.807) is 0 Å². The van der Waals surface area contributed by atoms with Crippen LogP contribution in [0.5, 0.6) is 0 Å². The Balaban J connectivity index is 2.21. The van der Waals surface area contributed by atoms with Crippen molar-refractivity contribution >= 4 is 5.97 Å². The van der Waals surface area contributed by atoms with Gasteiger partial charge in [-0.05, 0) is 19.3 Å². The number of carbonyl (C=O) groups excluding carboxylic acids is 1. The average molecular weight is 361 g/mol. The molecule has 0 saturated carbocycles. The number of allylic oxidation sites excluding steroid dienone is 4. The number of carbonyl (C=O) groups is 1. The highest BCUT2D eigenvalue weighted by Crippen LogP contribution is 2.19. The Bertz CT molecular complexity index is 839. The van der Waals surface area contributed by atoms with Gasteiger partial charge in [-0.15, -0.1) is 13.2 Å². The molecule has 1 aromatic heterocycles. The standard InChI is InChI=1S/C18H23N3O5/c1-3-10-19-16(23)20(11-4-2)18(25)21(17(19)24)12-13-26-15(22)14-8-6-5-7-9-14/h3-6,14H,1-2,7-13H2. The first-order chi connectivity index (χ1) is 12.5. The van der Waals surface area contributed by atoms with Crippen LogP contribution < -0.4 is 17.1 Å². The van der Waals surface area contributed by atoms with E-state index in [1.165, 1.54) is 12.2 Å². The highest BCUT2D eigenvalue weighted by molar-refractivity contribution is 5.72. The van der Waals surface area contributed by atoms with Crippen LogP contribution in [0.3, 0.4) is 0 Å². The maximum atomic E-state index is 12.4. The van der Waals surface area contributed by atoms with Crippen molar-refractivity contribution in [1.29, 1.82) is 0 Å². The van der Waals surface area contributed by atoms with Crippen molar-refractivity contribution in [3.8, 4) is 0 Å². The Morgan fingerprint density at radius 2 is 1.62 bits per heavy atom. The first kappa shape index (κ1) is 19.4. The first-order valence-corrected chi connectivity index (χ1v) is 8.49. The van der Waals surface area contributed by atoms with E-state index >= 15 is 0 Å². The second-order valence-corrected chi connectivity index (χ2v) is 5.95. The Morgan fingerprint density at radius 1 is 1.04 bits per heavy atom. The van der Waals surface area contributed by atoms with Gasteiger partial charge in [0.25, 0.3) is 0 Å². The monoisotopic (exact) mass is 361 g/mol. The van der Waals surface area contributed by atoms with E-state index in [-0.39, 0.29) is 38.1 Å². The molecule has 0 spiro atoms. The van der Waals surface area contributed by atoms with Gasteiger partial charge in [0.15, 0.2) is 0 Å². The topological polar surface area (TPSA) is 92.3 Å². The first-order valence-electron chi connectivity index (χ1n) is 8.49. The predicted molar refractivity (Wildman–Crippen MR) is 97.1 cm³/mol. The van der Waals surface area contributed by atoms with Crippen molar-refractivity contribution in [3.05, 3.63) is 68.9 Å². The summed E-state index contributed by atoms with van der Waals surface area (Å²) in [5.41, 5.74) is -2.23. The van der Waals surface area contributed by atoms with Crippen LogP contribution >= 0.6 is 0 Å². The van der Waals surface area contributed by atoms with Crippen LogP contribution in [0, 0.1) is 5.92 Å². The van der Waals surface area contributed by atoms with Gasteiger partial charge in [0.2, 0.25) is 0 Å². The molecule has 0 saturated heterocycles. The molecule has 0 aliphatic heterocycles. The maximum absolute atomic E-state index is 12.4. The highest BCUT2D eigenvalue weighted by atomic mass is 16.5. The fraction of sp³-hybridized carbons (Fsp3) is 0.444. The summed E-state index contributed by atoms with van der Waals surface area (Å²) in [6.45, 7) is 6.74. The summed E-state index contributed by atoms with van der Waals surface area (Å²) in [6, 6.07) is 0. The summed E-state index contributed by atoms with van der Waals surface area (Å²) in [5, 5.41) is 0. The molecular formula is C18H23N3O5. The van der Waals surface area contributed by atoms with E-state index < -0.39 is 17.1 Å². The van der Waals surface area contributed by atoms with Gasteiger partial charge >= 0.3 is 23.0 Å². The van der Waals surface area contributed by atoms with Gasteiger partial charge in [-0.1, -0.05) is 24.3 Å². The molecule has 140 valence electrons. The van der Waals surface area contributed by atoms with Crippen LogP contribution in [0.15, 0.2) is 51.8 Å². The minimum Gasteiger partial charge on any atom is -0.464 e. The molecular weight excluding hydrogens is 338 g/mol. The molecule has 1 aromatic rings. The highest BCUT2D eigenvalue weighted by Gasteiger charge is 2.20. The molecule has 0 amide bonds. The van der Waals surface area contributed by atoms with Crippen LogP contribution in [0.25, 0.3) is 0 Å². The van der Waals surface area contributed by atoms with Gasteiger partial charge in [0, 0.05) is 0 Å². The van der Waals surface area contributed by atoms with E-state index in [9.17, 15) is 19.2 Å². The zero-order chi connectivity index (χ0) is 19.1. The largest absolute Gasteiger partial charge is 0.464 e. The van der Waals surface area contributed by atoms with Crippen molar-refractivity contribution in [2.45, 2.75) is 38.9 Å². The molecule has 1 atom stereocenters. The molecule has 0 aromatic carbocycles. The minimum absolute atomic E-state index is 0.0245. The second kappa shape index (κ2) is 8.98. The Kier molecular flexibility index (Phi) is 6.71. The van der Waals surface area contributed by atoms with Crippen LogP contribution in [0.2, 0.25) is 0 Å². The summed E-state index contributed by atoms with van der Waals surface area (Å²) >= 11 is 0. The molecule has 0 radical (unpaired) electrons. The number of ether oxygens (including phenoxy) is 1. The minimum atomic E-state index is -0.753. The lowest BCUT2D eigenvalue weighted by atomic mass is 9.95. The third-order valence-electron chi connectivity index (χ3n) is 4.17. The molecule has 1 aliphatic rings. The molecule has 8 nitrogen and oxygen atoms in total. The van der Waals surface area contributed by atoms with Gasteiger partial charge in [0.05, 0.1) is 25.6 Å². The number of aromatic nitrogens is 3. The fourth-order valence-corrected chi connectivity index (χ4v) is 2.81. The predicted octanol–water partition coefficient (Wildman–Crippen LogP) is 0.443. The molecule has 1 heterocycles. The second-order valence-electron chi connectivity index (χ2n) is 5.95. The van der Waals surface area contributed by atoms with Crippen LogP contribution in [-0.2, 0) is 29.2 Å². The number of esters is 1. The number of hydrogen-bond acceptors (Lipinski definition) is 5. The molecule has 1 unspecified atom stereocenters. The summed E-state index contributed by atoms with van der Waals surface area (Å²) in [6.07, 6.45) is 8.95. The number of hydrogen-bond donors (Lipinski definition) is 0. The SMILES string of the molecule is C=CCn1c(=O)n(CC=C)c(=O)n(CCOC(=O)C2CC=CCC2)c1=O. The van der Waals surface area contributed by atoms with E-state index in [1.807, 2.05) is 12.2 Å². The van der Waals surface area contributed by atoms with Crippen LogP contribution in [0.1, 0.15) is 19.3 Å². The van der Waals surface area contributed by atoms with Crippen molar-refractivity contribution in [1.82, 2.24) is 13.7 Å². The molecule has 1 aliphatic carbocycles. The zero-order valence-electron chi connectivity index (χ0n) is 14.6. The fourth-order valence-electron chi connectivity index (χ4n) is 2.81. The summed E-state index contributed by atoms with van der Waals surface area (Å²) in [7, 11) is 0. The van der Waals surface area contributed by atoms with Gasteiger partial charge in [-0.3, -0.25) is 4.79 Å². The average Bonchev–Trinajstić information content (AvgIpc) is 2.65. The molecule has 26 heavy (non-hydrogen) atoms. The normalized spacial score (nSPS) is 16.2. The smallest absolute Gasteiger partial charge is 0.336 e. The molecule has 0 N–H and O–H groups in total. The van der Waals surface area contributed by atoms with Gasteiger partial charge in [0.1, 0.15) is 6.61 Å². The third kappa shape index (κ3) is 4.19. The summed E-state index contributed by atoms with van der Waals surface area (Å²) in [5.74, 6) is -0.530. The van der Waals surface area contributed by atoms with Crippen LogP contribution in [0.4, 0.5) is 0 Å². The molecule has 8 heteroatoms. The number of rotatable bonds is 8. The van der Waals surface area contributed by atoms with Crippen molar-refractivity contribution < 1.29 is 9.53 Å². The summed E-state index contributed by atoms with van der Waals surface area (Å²) < 4.78 is 7.93. The van der Waals surface area contributed by atoms with E-state index in [2.05, 4.69) is 13.2 Å². The molecule has 2 rings (SSSR count). The number of nitrogens with zero attached hydrogens (tertiary/aromatic N) is 3. The van der Waals surface area contributed by atoms with Gasteiger partial charge < -0.3 is 4.74 Å². The lowest BCUT2D eigenvalue weighted by Crippen LogP contribution is -2.54. The lowest BCUT2D eigenvalue weighted by Gasteiger charge is -2.17. The van der Waals surface area contributed by atoms with E-state index in [4.69, 9.17) is 4.74 Å². The van der Waals surface area contributed by atoms with Gasteiger partial charge in [-0.2, -0.15) is 0 Å². The van der Waals surface area contributed by atoms with E-state index in [0.717, 1.165) is 26.5 Å². The van der Waals surface area contributed by atoms with Gasteiger partial charge in [-0.25, -0.2) is 28.1 Å². The molecule has 0 bridgehead atoms. The van der Waals surface area contributed by atoms with Crippen molar-refractivity contribution in [2.24, 2.45) is 5.92 Å². The quantitative estimate of drug-likeness (QED) is 0.495. The van der Waals surface area contributed by atoms with E-state index in [0.29, 0.717) is 6.42 Å². The summed E-state index contributed by atoms with van der Waals surface area (Å²) in [4.78, 5) is 49.1. The zero-order valence-corrected chi connectivity index (χ0v) is 14.6. The molecule has 0 fully saturated rings. The third-order valence-corrected chi connectivity index (χ3v) is 4.17. The Hall–Kier alpha value is -2.90. The Morgan fingerprint density at radius 3 is 2.12 bits per heavy atom. The van der Waals surface area contributed by atoms with Crippen molar-refractivity contribution in [2.75, 3.05) is 6.61 Å². The lowest BCUT2D eigenvalue weighted by molar-refractivity contribution is -0.149.